The summed E-state index contributed by atoms with van der Waals surface area (Å²) in [6.45, 7) is 3.17. The van der Waals surface area contributed by atoms with Gasteiger partial charge in [0, 0.05) is 10.9 Å². The number of hydrogen-bond donors (Lipinski definition) is 2. The van der Waals surface area contributed by atoms with E-state index in [0.29, 0.717) is 11.1 Å². The van der Waals surface area contributed by atoms with Crippen molar-refractivity contribution in [3.8, 4) is 0 Å². The Kier molecular flexibility index (Phi) is 4.32. The van der Waals surface area contributed by atoms with E-state index >= 15 is 0 Å². The predicted octanol–water partition coefficient (Wildman–Crippen LogP) is 2.81. The molecule has 6 nitrogen and oxygen atoms in total. The molecular formula is C17H15FN2O4S. The Hall–Kier alpha value is -2.71. The number of nitrogens with one attached hydrogen (secondary N) is 2. The molecule has 8 heteroatoms. The van der Waals surface area contributed by atoms with Crippen molar-refractivity contribution in [1.82, 2.24) is 10.3 Å². The number of furan rings is 1. The molecule has 1 heterocycles. The summed E-state index contributed by atoms with van der Waals surface area (Å²) in [4.78, 5) is 14.1. The molecule has 1 aromatic heterocycles. The molecule has 0 spiro atoms. The van der Waals surface area contributed by atoms with E-state index in [2.05, 4.69) is 5.43 Å². The van der Waals surface area contributed by atoms with Crippen LogP contribution in [0.25, 0.3) is 11.0 Å². The minimum Gasteiger partial charge on any atom is -0.451 e. The average Bonchev–Trinajstić information content (AvgIpc) is 2.90. The van der Waals surface area contributed by atoms with Gasteiger partial charge in [0.1, 0.15) is 11.4 Å². The fourth-order valence-electron chi connectivity index (χ4n) is 2.53. The van der Waals surface area contributed by atoms with Gasteiger partial charge in [-0.1, -0.05) is 18.2 Å². The molecule has 0 aliphatic rings. The average molecular weight is 362 g/mol. The van der Waals surface area contributed by atoms with Gasteiger partial charge in [-0.05, 0) is 43.7 Å². The molecule has 2 aromatic carbocycles. The number of rotatable bonds is 4. The lowest BCUT2D eigenvalue weighted by Gasteiger charge is -2.10. The van der Waals surface area contributed by atoms with E-state index < -0.39 is 21.7 Å². The van der Waals surface area contributed by atoms with Crippen LogP contribution in [0.2, 0.25) is 0 Å². The van der Waals surface area contributed by atoms with Crippen LogP contribution in [-0.4, -0.2) is 14.3 Å². The van der Waals surface area contributed by atoms with Gasteiger partial charge in [-0.25, -0.2) is 12.8 Å². The van der Waals surface area contributed by atoms with E-state index in [0.717, 1.165) is 23.6 Å². The molecular weight excluding hydrogens is 347 g/mol. The van der Waals surface area contributed by atoms with Crippen LogP contribution >= 0.6 is 0 Å². The maximum Gasteiger partial charge on any atom is 0.302 e. The van der Waals surface area contributed by atoms with Crippen LogP contribution in [0.5, 0.6) is 0 Å². The van der Waals surface area contributed by atoms with Gasteiger partial charge in [0.05, 0.1) is 4.90 Å². The topological polar surface area (TPSA) is 88.4 Å². The SMILES string of the molecule is Cc1cc(F)ccc1S(=O)(=O)NNC(=O)c1oc2ccccc2c1C. The highest BCUT2D eigenvalue weighted by molar-refractivity contribution is 7.89. The monoisotopic (exact) mass is 362 g/mol. The number of aryl methyl sites for hydroxylation is 2. The summed E-state index contributed by atoms with van der Waals surface area (Å²) in [6.07, 6.45) is 0. The maximum atomic E-state index is 13.1. The van der Waals surface area contributed by atoms with Crippen LogP contribution in [0, 0.1) is 19.7 Å². The van der Waals surface area contributed by atoms with E-state index in [1.165, 1.54) is 6.92 Å². The highest BCUT2D eigenvalue weighted by Crippen LogP contribution is 2.24. The molecule has 0 radical (unpaired) electrons. The van der Waals surface area contributed by atoms with Crippen LogP contribution < -0.4 is 10.3 Å². The zero-order chi connectivity index (χ0) is 18.2. The van der Waals surface area contributed by atoms with E-state index in [1.54, 1.807) is 25.1 Å². The number of hydrogen-bond acceptors (Lipinski definition) is 4. The molecule has 0 saturated carbocycles. The lowest BCUT2D eigenvalue weighted by molar-refractivity contribution is 0.0918. The van der Waals surface area contributed by atoms with Gasteiger partial charge in [0.25, 0.3) is 10.0 Å². The fraction of sp³-hybridized carbons (Fsp3) is 0.118. The highest BCUT2D eigenvalue weighted by Gasteiger charge is 2.21. The van der Waals surface area contributed by atoms with Gasteiger partial charge in [-0.3, -0.25) is 10.2 Å². The van der Waals surface area contributed by atoms with Gasteiger partial charge in [-0.2, -0.15) is 0 Å². The number of amides is 1. The van der Waals surface area contributed by atoms with Crippen LogP contribution in [-0.2, 0) is 10.0 Å². The summed E-state index contributed by atoms with van der Waals surface area (Å²) < 4.78 is 43.2. The van der Waals surface area contributed by atoms with Crippen LogP contribution in [0.1, 0.15) is 21.7 Å². The number of hydrazine groups is 1. The Bertz CT molecular complexity index is 1070. The normalized spacial score (nSPS) is 11.6. The molecule has 0 fully saturated rings. The van der Waals surface area contributed by atoms with Crippen molar-refractivity contribution >= 4 is 26.9 Å². The van der Waals surface area contributed by atoms with Crippen molar-refractivity contribution in [2.75, 3.05) is 0 Å². The zero-order valence-corrected chi connectivity index (χ0v) is 14.3. The molecule has 3 rings (SSSR count). The van der Waals surface area contributed by atoms with E-state index in [-0.39, 0.29) is 16.2 Å². The maximum absolute atomic E-state index is 13.1. The van der Waals surface area contributed by atoms with Crippen molar-refractivity contribution in [3.63, 3.8) is 0 Å². The Balaban J connectivity index is 1.82. The molecule has 25 heavy (non-hydrogen) atoms. The van der Waals surface area contributed by atoms with Crippen molar-refractivity contribution in [2.45, 2.75) is 18.7 Å². The molecule has 3 aromatic rings. The van der Waals surface area contributed by atoms with E-state index in [4.69, 9.17) is 4.42 Å². The first-order valence-electron chi connectivity index (χ1n) is 7.36. The number of carbonyl (C=O) groups excluding carboxylic acids is 1. The number of halogens is 1. The van der Waals surface area contributed by atoms with E-state index in [1.807, 2.05) is 10.9 Å². The Morgan fingerprint density at radius 3 is 2.52 bits per heavy atom. The minimum atomic E-state index is -4.04. The molecule has 0 atom stereocenters. The van der Waals surface area contributed by atoms with Crippen LogP contribution in [0.3, 0.4) is 0 Å². The second-order valence-electron chi connectivity index (χ2n) is 5.52. The third-order valence-electron chi connectivity index (χ3n) is 3.78. The summed E-state index contributed by atoms with van der Waals surface area (Å²) in [6, 6.07) is 10.4. The smallest absolute Gasteiger partial charge is 0.302 e. The Morgan fingerprint density at radius 1 is 1.12 bits per heavy atom. The molecule has 0 aliphatic carbocycles. The number of sulfonamides is 1. The number of benzene rings is 2. The molecule has 0 aliphatic heterocycles. The first-order valence-corrected chi connectivity index (χ1v) is 8.84. The second-order valence-corrected chi connectivity index (χ2v) is 7.17. The molecule has 1 amide bonds. The van der Waals surface area contributed by atoms with Crippen molar-refractivity contribution < 1.29 is 22.0 Å². The van der Waals surface area contributed by atoms with Gasteiger partial charge in [0.15, 0.2) is 5.76 Å². The summed E-state index contributed by atoms with van der Waals surface area (Å²) in [5.74, 6) is -1.25. The van der Waals surface area contributed by atoms with Crippen molar-refractivity contribution in [2.24, 2.45) is 0 Å². The highest BCUT2D eigenvalue weighted by atomic mass is 32.2. The minimum absolute atomic E-state index is 0.0136. The van der Waals surface area contributed by atoms with Crippen LogP contribution in [0.15, 0.2) is 51.8 Å². The summed E-state index contributed by atoms with van der Waals surface area (Å²) >= 11 is 0. The largest absolute Gasteiger partial charge is 0.451 e. The molecule has 0 bridgehead atoms. The van der Waals surface area contributed by atoms with E-state index in [9.17, 15) is 17.6 Å². The summed E-state index contributed by atoms with van der Waals surface area (Å²) in [5.41, 5.74) is 3.47. The van der Waals surface area contributed by atoms with Crippen molar-refractivity contribution in [3.05, 3.63) is 65.2 Å². The molecule has 2 N–H and O–H groups in total. The van der Waals surface area contributed by atoms with Gasteiger partial charge < -0.3 is 4.42 Å². The van der Waals surface area contributed by atoms with Crippen molar-refractivity contribution in [1.29, 1.82) is 0 Å². The van der Waals surface area contributed by atoms with Gasteiger partial charge in [0.2, 0.25) is 0 Å². The van der Waals surface area contributed by atoms with Crippen LogP contribution in [0.4, 0.5) is 4.39 Å². The lowest BCUT2D eigenvalue weighted by atomic mass is 10.1. The number of carbonyl (C=O) groups is 1. The standard InChI is InChI=1S/C17H15FN2O4S/c1-10-9-12(18)7-8-15(10)25(22,23)20-19-17(21)16-11(2)13-5-3-4-6-14(13)24-16/h3-9,20H,1-2H3,(H,19,21). The quantitative estimate of drug-likeness (QED) is 0.699. The third-order valence-corrected chi connectivity index (χ3v) is 5.18. The fourth-order valence-corrected chi connectivity index (χ4v) is 3.60. The zero-order valence-electron chi connectivity index (χ0n) is 13.5. The Labute approximate surface area is 143 Å². The second kappa shape index (κ2) is 6.30. The summed E-state index contributed by atoms with van der Waals surface area (Å²) in [7, 11) is -4.04. The third kappa shape index (κ3) is 3.26. The first kappa shape index (κ1) is 17.1. The van der Waals surface area contributed by atoms with Gasteiger partial charge in [-0.15, -0.1) is 4.83 Å². The van der Waals surface area contributed by atoms with Gasteiger partial charge >= 0.3 is 5.91 Å². The lowest BCUT2D eigenvalue weighted by Crippen LogP contribution is -2.41. The number of para-hydroxylation sites is 1. The molecule has 0 unspecified atom stereocenters. The predicted molar refractivity (Wildman–Crippen MR) is 89.9 cm³/mol. The molecule has 0 saturated heterocycles. The number of fused-ring (bicyclic) bond motifs is 1. The first-order chi connectivity index (χ1) is 11.8. The molecule has 130 valence electrons. The summed E-state index contributed by atoms with van der Waals surface area (Å²) in [5, 5.41) is 0.768. The Morgan fingerprint density at radius 2 is 1.84 bits per heavy atom.